The third-order valence-corrected chi connectivity index (χ3v) is 5.46. The van der Waals surface area contributed by atoms with Gasteiger partial charge in [-0.2, -0.15) is 10.2 Å². The molecule has 0 saturated heterocycles. The average Bonchev–Trinajstić information content (AvgIpc) is 3.65. The minimum absolute atomic E-state index is 0.0350. The van der Waals surface area contributed by atoms with Gasteiger partial charge in [0, 0.05) is 25.7 Å². The van der Waals surface area contributed by atoms with Crippen molar-refractivity contribution < 1.29 is 28.3 Å². The first-order chi connectivity index (χ1) is 18.3. The number of furan rings is 1. The summed E-state index contributed by atoms with van der Waals surface area (Å²) in [5.74, 6) is -1.05. The van der Waals surface area contributed by atoms with Crippen LogP contribution in [-0.4, -0.2) is 62.3 Å². The SMILES string of the molecule is COCCn1cc(NC(=O)c2ccc(-c3cnn(C(=O)C(OC(N)=O)C(C)C)c3)o2)c(-c2ccccn2)n1. The number of hydrogen-bond acceptors (Lipinski definition) is 9. The van der Waals surface area contributed by atoms with Crippen LogP contribution >= 0.6 is 0 Å². The first-order valence-electron chi connectivity index (χ1n) is 11.7. The van der Waals surface area contributed by atoms with E-state index in [-0.39, 0.29) is 11.7 Å². The molecule has 0 aliphatic rings. The highest BCUT2D eigenvalue weighted by Gasteiger charge is 2.28. The van der Waals surface area contributed by atoms with E-state index < -0.39 is 24.0 Å². The molecule has 0 spiro atoms. The number of hydrogen-bond donors (Lipinski definition) is 2. The van der Waals surface area contributed by atoms with Crippen LogP contribution in [0.1, 0.15) is 29.2 Å². The summed E-state index contributed by atoms with van der Waals surface area (Å²) in [5, 5.41) is 11.4. The molecule has 0 aliphatic heterocycles. The number of nitrogens with zero attached hydrogens (tertiary/aromatic N) is 5. The van der Waals surface area contributed by atoms with E-state index in [1.54, 1.807) is 56.2 Å². The second kappa shape index (κ2) is 11.5. The smallest absolute Gasteiger partial charge is 0.405 e. The molecule has 3 N–H and O–H groups in total. The van der Waals surface area contributed by atoms with Gasteiger partial charge in [0.05, 0.1) is 36.3 Å². The standard InChI is InChI=1S/C25H27N7O6/c1-15(2)22(38-25(26)35)24(34)32-13-16(12-28-32)19-7-8-20(37-19)23(33)29-18-14-31(10-11-36-3)30-21(18)17-6-4-5-9-27-17/h4-9,12-15,22H,10-11H2,1-3H3,(H2,26,35)(H,29,33). The van der Waals surface area contributed by atoms with Crippen molar-refractivity contribution in [1.82, 2.24) is 24.5 Å². The second-order valence-electron chi connectivity index (χ2n) is 8.59. The lowest BCUT2D eigenvalue weighted by Gasteiger charge is -2.18. The molecule has 4 rings (SSSR count). The van der Waals surface area contributed by atoms with Gasteiger partial charge in [0.1, 0.15) is 11.5 Å². The Morgan fingerprint density at radius 2 is 1.97 bits per heavy atom. The summed E-state index contributed by atoms with van der Waals surface area (Å²) in [7, 11) is 1.59. The number of aromatic nitrogens is 5. The van der Waals surface area contributed by atoms with Crippen molar-refractivity contribution in [2.75, 3.05) is 19.0 Å². The van der Waals surface area contributed by atoms with Crippen molar-refractivity contribution in [3.05, 3.63) is 60.9 Å². The van der Waals surface area contributed by atoms with Crippen molar-refractivity contribution in [3.63, 3.8) is 0 Å². The first kappa shape index (κ1) is 26.3. The molecule has 13 nitrogen and oxygen atoms in total. The van der Waals surface area contributed by atoms with Gasteiger partial charge in [-0.25, -0.2) is 9.48 Å². The van der Waals surface area contributed by atoms with E-state index in [2.05, 4.69) is 20.5 Å². The number of methoxy groups -OCH3 is 1. The average molecular weight is 522 g/mol. The van der Waals surface area contributed by atoms with Crippen molar-refractivity contribution in [3.8, 4) is 22.7 Å². The Morgan fingerprint density at radius 3 is 2.66 bits per heavy atom. The fourth-order valence-electron chi connectivity index (χ4n) is 3.60. The summed E-state index contributed by atoms with van der Waals surface area (Å²) < 4.78 is 18.5. The molecule has 4 aromatic rings. The van der Waals surface area contributed by atoms with E-state index in [1.807, 2.05) is 6.07 Å². The maximum absolute atomic E-state index is 13.0. The van der Waals surface area contributed by atoms with E-state index in [1.165, 1.54) is 18.5 Å². The highest BCUT2D eigenvalue weighted by atomic mass is 16.6. The van der Waals surface area contributed by atoms with Crippen LogP contribution in [0.4, 0.5) is 10.5 Å². The van der Waals surface area contributed by atoms with Gasteiger partial charge in [-0.15, -0.1) is 0 Å². The maximum Gasteiger partial charge on any atom is 0.405 e. The molecule has 4 heterocycles. The van der Waals surface area contributed by atoms with Crippen LogP contribution < -0.4 is 11.1 Å². The molecular weight excluding hydrogens is 494 g/mol. The number of carbonyl (C=O) groups is 3. The van der Waals surface area contributed by atoms with Crippen molar-refractivity contribution >= 4 is 23.6 Å². The monoisotopic (exact) mass is 521 g/mol. The summed E-state index contributed by atoms with van der Waals surface area (Å²) in [4.78, 5) is 41.3. The molecule has 0 aliphatic carbocycles. The lowest BCUT2D eigenvalue weighted by atomic mass is 10.1. The molecule has 2 amide bonds. The topological polar surface area (TPSA) is 169 Å². The van der Waals surface area contributed by atoms with Crippen molar-refractivity contribution in [2.45, 2.75) is 26.5 Å². The van der Waals surface area contributed by atoms with Crippen LogP contribution in [0.25, 0.3) is 22.7 Å². The number of primary amides is 1. The van der Waals surface area contributed by atoms with Crippen LogP contribution in [0, 0.1) is 5.92 Å². The Bertz CT molecular complexity index is 1420. The van der Waals surface area contributed by atoms with Crippen LogP contribution in [0.2, 0.25) is 0 Å². The molecule has 0 saturated carbocycles. The fourth-order valence-corrected chi connectivity index (χ4v) is 3.60. The van der Waals surface area contributed by atoms with E-state index in [9.17, 15) is 14.4 Å². The molecule has 198 valence electrons. The zero-order valence-corrected chi connectivity index (χ0v) is 21.0. The van der Waals surface area contributed by atoms with Gasteiger partial charge in [-0.1, -0.05) is 19.9 Å². The minimum Gasteiger partial charge on any atom is -0.451 e. The van der Waals surface area contributed by atoms with Gasteiger partial charge < -0.3 is 24.9 Å². The quantitative estimate of drug-likeness (QED) is 0.318. The molecule has 1 atom stereocenters. The summed E-state index contributed by atoms with van der Waals surface area (Å²) >= 11 is 0. The summed E-state index contributed by atoms with van der Waals surface area (Å²) in [6.07, 6.45) is 4.00. The van der Waals surface area contributed by atoms with Crippen LogP contribution in [-0.2, 0) is 16.0 Å². The van der Waals surface area contributed by atoms with Gasteiger partial charge in [0.15, 0.2) is 11.9 Å². The predicted octanol–water partition coefficient (Wildman–Crippen LogP) is 3.06. The van der Waals surface area contributed by atoms with Crippen LogP contribution in [0.3, 0.4) is 0 Å². The minimum atomic E-state index is -1.10. The number of amides is 2. The van der Waals surface area contributed by atoms with Gasteiger partial charge in [-0.05, 0) is 30.2 Å². The first-order valence-corrected chi connectivity index (χ1v) is 11.7. The molecule has 1 unspecified atom stereocenters. The van der Waals surface area contributed by atoms with E-state index in [0.717, 1.165) is 4.68 Å². The predicted molar refractivity (Wildman–Crippen MR) is 135 cm³/mol. The van der Waals surface area contributed by atoms with Gasteiger partial charge in [0.25, 0.3) is 11.8 Å². The highest BCUT2D eigenvalue weighted by molar-refractivity contribution is 6.04. The lowest BCUT2D eigenvalue weighted by molar-refractivity contribution is 0.0439. The number of nitrogens with one attached hydrogen (secondary N) is 1. The third kappa shape index (κ3) is 5.95. The number of ether oxygens (including phenoxy) is 2. The molecular formula is C25H27N7O6. The molecule has 0 aromatic carbocycles. The van der Waals surface area contributed by atoms with E-state index in [0.29, 0.717) is 41.6 Å². The molecule has 0 bridgehead atoms. The number of nitrogens with two attached hydrogens (primary N) is 1. The Morgan fingerprint density at radius 1 is 1.16 bits per heavy atom. The maximum atomic E-state index is 13.0. The zero-order valence-electron chi connectivity index (χ0n) is 21.0. The Kier molecular flexibility index (Phi) is 7.97. The molecule has 13 heteroatoms. The zero-order chi connectivity index (χ0) is 27.2. The fraction of sp³-hybridized carbons (Fsp3) is 0.280. The Hall–Kier alpha value is -4.78. The number of anilines is 1. The third-order valence-electron chi connectivity index (χ3n) is 5.46. The van der Waals surface area contributed by atoms with Crippen LogP contribution in [0.15, 0.2) is 59.5 Å². The largest absolute Gasteiger partial charge is 0.451 e. The summed E-state index contributed by atoms with van der Waals surface area (Å²) in [6, 6.07) is 8.50. The normalized spacial score (nSPS) is 11.9. The molecule has 4 aromatic heterocycles. The number of pyridine rings is 1. The summed E-state index contributed by atoms with van der Waals surface area (Å²) in [6.45, 7) is 4.37. The highest BCUT2D eigenvalue weighted by Crippen LogP contribution is 2.27. The molecule has 38 heavy (non-hydrogen) atoms. The van der Waals surface area contributed by atoms with E-state index >= 15 is 0 Å². The lowest BCUT2D eigenvalue weighted by Crippen LogP contribution is -2.37. The second-order valence-corrected chi connectivity index (χ2v) is 8.59. The van der Waals surface area contributed by atoms with Crippen molar-refractivity contribution in [1.29, 1.82) is 0 Å². The molecule has 0 fully saturated rings. The number of carbonyl (C=O) groups excluding carboxylic acids is 3. The number of rotatable bonds is 10. The van der Waals surface area contributed by atoms with Gasteiger partial charge >= 0.3 is 6.09 Å². The van der Waals surface area contributed by atoms with Crippen LogP contribution in [0.5, 0.6) is 0 Å². The Labute approximate surface area is 217 Å². The van der Waals surface area contributed by atoms with Gasteiger partial charge in [-0.3, -0.25) is 19.3 Å². The molecule has 0 radical (unpaired) electrons. The van der Waals surface area contributed by atoms with Gasteiger partial charge in [0.2, 0.25) is 0 Å². The summed E-state index contributed by atoms with van der Waals surface area (Å²) in [5.41, 5.74) is 7.08. The van der Waals surface area contributed by atoms with Crippen molar-refractivity contribution in [2.24, 2.45) is 11.7 Å². The Balaban J connectivity index is 1.52. The van der Waals surface area contributed by atoms with E-state index in [4.69, 9.17) is 19.6 Å².